The van der Waals surface area contributed by atoms with Gasteiger partial charge in [-0.2, -0.15) is 0 Å². The first-order valence-electron chi connectivity index (χ1n) is 6.76. The Morgan fingerprint density at radius 3 is 2.61 bits per heavy atom. The number of aryl methyl sites for hydroxylation is 1. The van der Waals surface area contributed by atoms with Gasteiger partial charge in [-0.25, -0.2) is 0 Å². The van der Waals surface area contributed by atoms with Gasteiger partial charge in [0.25, 0.3) is 0 Å². The largest absolute Gasteiger partial charge is 0.396 e. The number of anilines is 1. The minimum Gasteiger partial charge on any atom is -0.396 e. The van der Waals surface area contributed by atoms with Crippen molar-refractivity contribution < 1.29 is 5.11 Å². The average molecular weight is 312 g/mol. The summed E-state index contributed by atoms with van der Waals surface area (Å²) >= 11 is 3.59. The van der Waals surface area contributed by atoms with E-state index in [-0.39, 0.29) is 5.41 Å². The molecule has 0 bridgehead atoms. The molecule has 0 aliphatic heterocycles. The molecule has 1 aliphatic carbocycles. The van der Waals surface area contributed by atoms with Crippen molar-refractivity contribution >= 4 is 21.6 Å². The van der Waals surface area contributed by atoms with E-state index in [2.05, 4.69) is 46.4 Å². The van der Waals surface area contributed by atoms with E-state index in [4.69, 9.17) is 0 Å². The van der Waals surface area contributed by atoms with E-state index in [1.807, 2.05) is 0 Å². The van der Waals surface area contributed by atoms with E-state index in [1.165, 1.54) is 24.8 Å². The van der Waals surface area contributed by atoms with E-state index in [9.17, 15) is 5.11 Å². The monoisotopic (exact) mass is 311 g/mol. The smallest absolute Gasteiger partial charge is 0.0504 e. The molecule has 100 valence electrons. The molecule has 2 rings (SSSR count). The van der Waals surface area contributed by atoms with Gasteiger partial charge in [0.1, 0.15) is 0 Å². The molecule has 0 aromatic heterocycles. The lowest BCUT2D eigenvalue weighted by molar-refractivity contribution is 0.0944. The van der Waals surface area contributed by atoms with Gasteiger partial charge < -0.3 is 10.4 Å². The Balaban J connectivity index is 2.01. The molecule has 1 saturated carbocycles. The molecule has 1 aliphatic rings. The summed E-state index contributed by atoms with van der Waals surface area (Å²) in [5.74, 6) is 0. The molecule has 0 saturated heterocycles. The Kier molecular flexibility index (Phi) is 4.68. The zero-order valence-corrected chi connectivity index (χ0v) is 12.6. The van der Waals surface area contributed by atoms with Crippen LogP contribution >= 0.6 is 15.9 Å². The number of rotatable bonds is 4. The van der Waals surface area contributed by atoms with Gasteiger partial charge >= 0.3 is 0 Å². The Bertz CT molecular complexity index is 399. The van der Waals surface area contributed by atoms with Crippen LogP contribution in [0.2, 0.25) is 0 Å². The first kappa shape index (κ1) is 13.9. The number of hydrogen-bond acceptors (Lipinski definition) is 2. The summed E-state index contributed by atoms with van der Waals surface area (Å²) in [5.41, 5.74) is 2.46. The van der Waals surface area contributed by atoms with Gasteiger partial charge in [0, 0.05) is 22.1 Å². The average Bonchev–Trinajstić information content (AvgIpc) is 2.39. The van der Waals surface area contributed by atoms with Crippen LogP contribution in [0.25, 0.3) is 0 Å². The van der Waals surface area contributed by atoms with Crippen molar-refractivity contribution in [2.24, 2.45) is 5.41 Å². The summed E-state index contributed by atoms with van der Waals surface area (Å²) in [5, 5.41) is 13.2. The van der Waals surface area contributed by atoms with Crippen LogP contribution in [0, 0.1) is 12.3 Å². The third-order valence-corrected chi connectivity index (χ3v) is 4.68. The highest BCUT2D eigenvalue weighted by Crippen LogP contribution is 2.36. The molecule has 2 nitrogen and oxygen atoms in total. The summed E-state index contributed by atoms with van der Waals surface area (Å²) in [6.07, 6.45) is 6.09. The van der Waals surface area contributed by atoms with E-state index in [0.717, 1.165) is 29.5 Å². The SMILES string of the molecule is Cc1ccc(NCC2(CO)CCCCC2)c(Br)c1. The first-order valence-corrected chi connectivity index (χ1v) is 7.55. The van der Waals surface area contributed by atoms with Crippen molar-refractivity contribution in [2.45, 2.75) is 39.0 Å². The second kappa shape index (κ2) is 6.07. The molecule has 0 amide bonds. The molecular formula is C15H22BrNO. The number of halogens is 1. The van der Waals surface area contributed by atoms with Crippen LogP contribution in [0.4, 0.5) is 5.69 Å². The van der Waals surface area contributed by atoms with Gasteiger partial charge in [-0.1, -0.05) is 25.3 Å². The number of aliphatic hydroxyl groups is 1. The highest BCUT2D eigenvalue weighted by atomic mass is 79.9. The van der Waals surface area contributed by atoms with E-state index < -0.39 is 0 Å². The van der Waals surface area contributed by atoms with Gasteiger partial charge in [0.15, 0.2) is 0 Å². The second-order valence-corrected chi connectivity index (χ2v) is 6.41. The topological polar surface area (TPSA) is 32.3 Å². The lowest BCUT2D eigenvalue weighted by Gasteiger charge is -2.36. The second-order valence-electron chi connectivity index (χ2n) is 5.56. The van der Waals surface area contributed by atoms with Crippen molar-refractivity contribution in [1.29, 1.82) is 0 Å². The molecule has 1 fully saturated rings. The highest BCUT2D eigenvalue weighted by Gasteiger charge is 2.31. The Morgan fingerprint density at radius 1 is 1.28 bits per heavy atom. The maximum Gasteiger partial charge on any atom is 0.0504 e. The van der Waals surface area contributed by atoms with Crippen LogP contribution in [-0.4, -0.2) is 18.3 Å². The quantitative estimate of drug-likeness (QED) is 0.877. The first-order chi connectivity index (χ1) is 8.65. The summed E-state index contributed by atoms with van der Waals surface area (Å²) in [6, 6.07) is 6.34. The lowest BCUT2D eigenvalue weighted by atomic mass is 9.74. The summed E-state index contributed by atoms with van der Waals surface area (Å²) in [6.45, 7) is 3.25. The van der Waals surface area contributed by atoms with Crippen LogP contribution in [0.15, 0.2) is 22.7 Å². The van der Waals surface area contributed by atoms with Crippen molar-refractivity contribution in [1.82, 2.24) is 0 Å². The molecular weight excluding hydrogens is 290 g/mol. The van der Waals surface area contributed by atoms with E-state index in [0.29, 0.717) is 6.61 Å². The molecule has 0 radical (unpaired) electrons. The molecule has 1 aromatic rings. The fourth-order valence-corrected chi connectivity index (χ4v) is 3.37. The Morgan fingerprint density at radius 2 is 2.00 bits per heavy atom. The molecule has 3 heteroatoms. The molecule has 0 spiro atoms. The summed E-state index contributed by atoms with van der Waals surface area (Å²) < 4.78 is 1.10. The van der Waals surface area contributed by atoms with Crippen LogP contribution in [0.1, 0.15) is 37.7 Å². The van der Waals surface area contributed by atoms with Crippen LogP contribution in [-0.2, 0) is 0 Å². The molecule has 18 heavy (non-hydrogen) atoms. The normalized spacial score (nSPS) is 18.6. The van der Waals surface area contributed by atoms with Crippen LogP contribution in [0.5, 0.6) is 0 Å². The molecule has 0 unspecified atom stereocenters. The number of benzene rings is 1. The minimum atomic E-state index is 0.0859. The van der Waals surface area contributed by atoms with Gasteiger partial charge in [0.2, 0.25) is 0 Å². The van der Waals surface area contributed by atoms with Gasteiger partial charge in [-0.05, 0) is 53.4 Å². The van der Waals surface area contributed by atoms with Crippen molar-refractivity contribution in [3.05, 3.63) is 28.2 Å². The third kappa shape index (κ3) is 3.27. The number of nitrogens with one attached hydrogen (secondary N) is 1. The fraction of sp³-hybridized carbons (Fsp3) is 0.600. The number of hydrogen-bond donors (Lipinski definition) is 2. The molecule has 2 N–H and O–H groups in total. The fourth-order valence-electron chi connectivity index (χ4n) is 2.74. The van der Waals surface area contributed by atoms with Crippen molar-refractivity contribution in [3.8, 4) is 0 Å². The van der Waals surface area contributed by atoms with E-state index >= 15 is 0 Å². The minimum absolute atomic E-state index is 0.0859. The van der Waals surface area contributed by atoms with Gasteiger partial charge in [-0.15, -0.1) is 0 Å². The molecule has 0 atom stereocenters. The Hall–Kier alpha value is -0.540. The maximum atomic E-state index is 9.68. The standard InChI is InChI=1S/C15H22BrNO/c1-12-5-6-14(13(16)9-12)17-10-15(11-18)7-3-2-4-8-15/h5-6,9,17-18H,2-4,7-8,10-11H2,1H3. The maximum absolute atomic E-state index is 9.68. The zero-order chi connectivity index (χ0) is 13.0. The van der Waals surface area contributed by atoms with E-state index in [1.54, 1.807) is 0 Å². The predicted octanol–water partition coefficient (Wildman–Crippen LogP) is 4.11. The lowest BCUT2D eigenvalue weighted by Crippen LogP contribution is -2.35. The molecule has 0 heterocycles. The summed E-state index contributed by atoms with van der Waals surface area (Å²) in [7, 11) is 0. The highest BCUT2D eigenvalue weighted by molar-refractivity contribution is 9.10. The van der Waals surface area contributed by atoms with Crippen LogP contribution in [0.3, 0.4) is 0 Å². The third-order valence-electron chi connectivity index (χ3n) is 4.03. The van der Waals surface area contributed by atoms with Gasteiger partial charge in [0.05, 0.1) is 6.61 Å². The Labute approximate surface area is 118 Å². The predicted molar refractivity (Wildman–Crippen MR) is 80.0 cm³/mol. The number of aliphatic hydroxyl groups excluding tert-OH is 1. The summed E-state index contributed by atoms with van der Waals surface area (Å²) in [4.78, 5) is 0. The van der Waals surface area contributed by atoms with Crippen LogP contribution < -0.4 is 5.32 Å². The van der Waals surface area contributed by atoms with Crippen molar-refractivity contribution in [2.75, 3.05) is 18.5 Å². The van der Waals surface area contributed by atoms with Crippen molar-refractivity contribution in [3.63, 3.8) is 0 Å². The van der Waals surface area contributed by atoms with Gasteiger partial charge in [-0.3, -0.25) is 0 Å². The molecule has 1 aromatic carbocycles. The zero-order valence-electron chi connectivity index (χ0n) is 11.0.